The molecule has 1 rings (SSSR count). The smallest absolute Gasteiger partial charge is 0.302 e. The first-order chi connectivity index (χ1) is 8.76. The maximum atomic E-state index is 11.6. The molecule has 0 saturated heterocycles. The Bertz CT molecular complexity index is 509. The molecule has 0 bridgehead atoms. The van der Waals surface area contributed by atoms with E-state index in [0.717, 1.165) is 28.1 Å². The van der Waals surface area contributed by atoms with Crippen LogP contribution in [0.1, 0.15) is 18.1 Å². The van der Waals surface area contributed by atoms with E-state index in [9.17, 15) is 13.7 Å². The Labute approximate surface area is 120 Å². The molecule has 5 nitrogen and oxygen atoms in total. The number of rotatable bonds is 6. The van der Waals surface area contributed by atoms with Gasteiger partial charge in [-0.15, -0.1) is 0 Å². The molecular formula is C11H17O5PS2. The van der Waals surface area contributed by atoms with Crippen molar-refractivity contribution >= 4 is 30.7 Å². The van der Waals surface area contributed by atoms with E-state index in [1.807, 2.05) is 13.8 Å². The van der Waals surface area contributed by atoms with E-state index < -0.39 is 18.6 Å². The lowest BCUT2D eigenvalue weighted by molar-refractivity contribution is 0.222. The van der Waals surface area contributed by atoms with Gasteiger partial charge in [-0.1, -0.05) is 0 Å². The topological polar surface area (TPSA) is 72.8 Å². The summed E-state index contributed by atoms with van der Waals surface area (Å²) in [6, 6.07) is 3.53. The molecule has 1 N–H and O–H groups in total. The van der Waals surface area contributed by atoms with Crippen molar-refractivity contribution in [1.29, 1.82) is 0 Å². The number of phosphoric acid groups is 1. The van der Waals surface area contributed by atoms with Gasteiger partial charge in [-0.05, 0) is 44.0 Å². The largest absolute Gasteiger partial charge is 0.483 e. The number of aryl methyl sites for hydroxylation is 2. The van der Waals surface area contributed by atoms with Crippen molar-refractivity contribution in [3.63, 3.8) is 0 Å². The molecule has 0 amide bonds. The first-order valence-corrected chi connectivity index (χ1v) is 9.34. The Balaban J connectivity index is 2.88. The normalized spacial score (nSPS) is 16.1. The molecule has 0 aliphatic heterocycles. The van der Waals surface area contributed by atoms with Crippen LogP contribution in [0.4, 0.5) is 0 Å². The molecule has 0 aliphatic carbocycles. The summed E-state index contributed by atoms with van der Waals surface area (Å²) in [7, 11) is -5.08. The second-order valence-corrected chi connectivity index (χ2v) is 7.63. The Morgan fingerprint density at radius 3 is 2.32 bits per heavy atom. The molecule has 0 saturated carbocycles. The molecule has 0 heterocycles. The number of phosphoric ester groups is 1. The molecule has 0 fully saturated rings. The zero-order valence-corrected chi connectivity index (χ0v) is 13.7. The number of hydrogen-bond acceptors (Lipinski definition) is 5. The zero-order valence-electron chi connectivity index (χ0n) is 11.2. The van der Waals surface area contributed by atoms with Crippen LogP contribution >= 0.6 is 19.9 Å². The van der Waals surface area contributed by atoms with E-state index in [0.29, 0.717) is 4.90 Å². The molecule has 108 valence electrons. The van der Waals surface area contributed by atoms with Crippen molar-refractivity contribution in [2.45, 2.75) is 30.6 Å². The monoisotopic (exact) mass is 324 g/mol. The lowest BCUT2D eigenvalue weighted by atomic mass is 10.1. The third-order valence-electron chi connectivity index (χ3n) is 2.24. The van der Waals surface area contributed by atoms with E-state index in [4.69, 9.17) is 3.97 Å². The van der Waals surface area contributed by atoms with Crippen molar-refractivity contribution in [3.8, 4) is 0 Å². The Morgan fingerprint density at radius 2 is 1.89 bits per heavy atom. The quantitative estimate of drug-likeness (QED) is 0.640. The van der Waals surface area contributed by atoms with E-state index >= 15 is 0 Å². The van der Waals surface area contributed by atoms with Gasteiger partial charge in [-0.2, -0.15) is 0 Å². The fraction of sp³-hybridized carbons (Fsp3) is 0.455. The van der Waals surface area contributed by atoms with Gasteiger partial charge in [-0.3, -0.25) is 8.73 Å². The lowest BCUT2D eigenvalue weighted by Gasteiger charge is -2.12. The molecule has 2 atom stereocenters. The summed E-state index contributed by atoms with van der Waals surface area (Å²) in [6.45, 7) is 5.39. The van der Waals surface area contributed by atoms with E-state index in [1.165, 1.54) is 0 Å². The minimum absolute atomic E-state index is 0.0974. The zero-order chi connectivity index (χ0) is 14.6. The van der Waals surface area contributed by atoms with E-state index in [1.54, 1.807) is 25.3 Å². The highest BCUT2D eigenvalue weighted by Gasteiger charge is 2.21. The highest BCUT2D eigenvalue weighted by molar-refractivity contribution is 7.98. The molecule has 0 aromatic heterocycles. The first kappa shape index (κ1) is 16.9. The van der Waals surface area contributed by atoms with Crippen LogP contribution in [0.2, 0.25) is 0 Å². The average Bonchev–Trinajstić information content (AvgIpc) is 2.25. The van der Waals surface area contributed by atoms with Crippen LogP contribution in [0.5, 0.6) is 0 Å². The molecular weight excluding hydrogens is 307 g/mol. The summed E-state index contributed by atoms with van der Waals surface area (Å²) < 4.78 is 32.3. The summed E-state index contributed by atoms with van der Waals surface area (Å²) in [4.78, 5) is 10.7. The van der Waals surface area contributed by atoms with Crippen LogP contribution in [0.15, 0.2) is 21.9 Å². The second kappa shape index (κ2) is 7.02. The molecule has 0 aliphatic rings. The third kappa shape index (κ3) is 5.02. The maximum absolute atomic E-state index is 11.6. The molecule has 8 heteroatoms. The number of benzene rings is 1. The Hall–Kier alpha value is -0.170. The summed E-state index contributed by atoms with van der Waals surface area (Å²) >= 11 is 0.779. The van der Waals surface area contributed by atoms with Crippen molar-refractivity contribution < 1.29 is 22.2 Å². The van der Waals surface area contributed by atoms with Crippen LogP contribution in [-0.2, 0) is 23.9 Å². The van der Waals surface area contributed by atoms with Gasteiger partial charge in [0.05, 0.1) is 17.4 Å². The van der Waals surface area contributed by atoms with Crippen molar-refractivity contribution in [2.75, 3.05) is 12.9 Å². The van der Waals surface area contributed by atoms with Gasteiger partial charge in [0.2, 0.25) is 0 Å². The van der Waals surface area contributed by atoms with E-state index in [2.05, 4.69) is 4.52 Å². The SMILES string of the molecule is CCOP(=O)(O)OSc1cc(C)c(S(C)=O)c(C)c1. The standard InChI is InChI=1S/C11H17O5PS2/c1-5-15-17(12,13)16-18-10-6-8(2)11(19(4)14)9(3)7-10/h6-7H,5H2,1-4H3,(H,12,13). The Kier molecular flexibility index (Phi) is 6.23. The number of hydrogen-bond donors (Lipinski definition) is 1. The fourth-order valence-corrected chi connectivity index (χ4v) is 4.38. The summed E-state index contributed by atoms with van der Waals surface area (Å²) in [5, 5.41) is 0. The van der Waals surface area contributed by atoms with E-state index in [-0.39, 0.29) is 6.61 Å². The third-order valence-corrected chi connectivity index (χ3v) is 5.52. The summed E-state index contributed by atoms with van der Waals surface area (Å²) in [6.07, 6.45) is 1.62. The van der Waals surface area contributed by atoms with Crippen LogP contribution < -0.4 is 0 Å². The fourth-order valence-electron chi connectivity index (χ4n) is 1.69. The molecule has 0 spiro atoms. The summed E-state index contributed by atoms with van der Waals surface area (Å²) in [5.41, 5.74) is 1.72. The Morgan fingerprint density at radius 1 is 1.37 bits per heavy atom. The predicted octanol–water partition coefficient (Wildman–Crippen LogP) is 3.20. The second-order valence-electron chi connectivity index (χ2n) is 3.88. The summed E-state index contributed by atoms with van der Waals surface area (Å²) in [5.74, 6) is 0. The average molecular weight is 324 g/mol. The predicted molar refractivity (Wildman–Crippen MR) is 76.6 cm³/mol. The molecule has 19 heavy (non-hydrogen) atoms. The van der Waals surface area contributed by atoms with Gasteiger partial charge in [0.25, 0.3) is 0 Å². The maximum Gasteiger partial charge on any atom is 0.483 e. The van der Waals surface area contributed by atoms with Gasteiger partial charge < -0.3 is 4.89 Å². The minimum atomic E-state index is -4.02. The van der Waals surface area contributed by atoms with Crippen LogP contribution in [0.25, 0.3) is 0 Å². The van der Waals surface area contributed by atoms with Gasteiger partial charge in [0.15, 0.2) is 0 Å². The molecule has 0 radical (unpaired) electrons. The molecule has 2 unspecified atom stereocenters. The van der Waals surface area contributed by atoms with Crippen LogP contribution in [0, 0.1) is 13.8 Å². The highest BCUT2D eigenvalue weighted by atomic mass is 32.2. The van der Waals surface area contributed by atoms with Crippen molar-refractivity contribution in [1.82, 2.24) is 0 Å². The molecule has 1 aromatic carbocycles. The van der Waals surface area contributed by atoms with Gasteiger partial charge >= 0.3 is 7.82 Å². The van der Waals surface area contributed by atoms with Crippen LogP contribution in [-0.4, -0.2) is 22.0 Å². The lowest BCUT2D eigenvalue weighted by Crippen LogP contribution is -1.96. The van der Waals surface area contributed by atoms with Crippen molar-refractivity contribution in [3.05, 3.63) is 23.3 Å². The van der Waals surface area contributed by atoms with Gasteiger partial charge in [-0.25, -0.2) is 8.54 Å². The van der Waals surface area contributed by atoms with Crippen molar-refractivity contribution in [2.24, 2.45) is 0 Å². The highest BCUT2D eigenvalue weighted by Crippen LogP contribution is 2.49. The van der Waals surface area contributed by atoms with Gasteiger partial charge in [0.1, 0.15) is 0 Å². The minimum Gasteiger partial charge on any atom is -0.302 e. The van der Waals surface area contributed by atoms with Crippen LogP contribution in [0.3, 0.4) is 0 Å². The first-order valence-electron chi connectivity index (χ1n) is 5.55. The molecule has 1 aromatic rings. The van der Waals surface area contributed by atoms with Gasteiger partial charge in [0, 0.05) is 28.1 Å².